The molecular weight excluding hydrogens is 248 g/mol. The van der Waals surface area contributed by atoms with Gasteiger partial charge in [-0.1, -0.05) is 6.92 Å². The molecule has 1 atom stereocenters. The molecule has 0 aliphatic heterocycles. The molecule has 0 saturated carbocycles. The van der Waals surface area contributed by atoms with E-state index >= 15 is 0 Å². The van der Waals surface area contributed by atoms with Crippen LogP contribution < -0.4 is 5.32 Å². The molecule has 0 fully saturated rings. The number of carbonyl (C=O) groups is 1. The van der Waals surface area contributed by atoms with Gasteiger partial charge in [0.05, 0.1) is 5.03 Å². The summed E-state index contributed by atoms with van der Waals surface area (Å²) in [5.41, 5.74) is 0.636. The summed E-state index contributed by atoms with van der Waals surface area (Å²) in [5, 5.41) is 12.5. The number of hydrogen-bond acceptors (Lipinski definition) is 4. The number of aromatic nitrogens is 1. The van der Waals surface area contributed by atoms with E-state index in [-0.39, 0.29) is 18.6 Å². The normalized spacial score (nSPS) is 12.2. The van der Waals surface area contributed by atoms with Crippen LogP contribution in [0, 0.1) is 0 Å². The number of hydrogen-bond donors (Lipinski definition) is 2. The van der Waals surface area contributed by atoms with Gasteiger partial charge in [-0.3, -0.25) is 4.79 Å². The molecule has 1 rings (SSSR count). The van der Waals surface area contributed by atoms with Crippen molar-refractivity contribution < 1.29 is 9.90 Å². The van der Waals surface area contributed by atoms with Crippen LogP contribution in [0.25, 0.3) is 0 Å². The fourth-order valence-corrected chi connectivity index (χ4v) is 2.20. The number of aliphatic hydroxyl groups excluding tert-OH is 1. The van der Waals surface area contributed by atoms with Crippen LogP contribution >= 0.6 is 11.8 Å². The molecule has 1 unspecified atom stereocenters. The largest absolute Gasteiger partial charge is 0.396 e. The van der Waals surface area contributed by atoms with Crippen molar-refractivity contribution in [3.8, 4) is 0 Å². The van der Waals surface area contributed by atoms with Crippen molar-refractivity contribution in [2.45, 2.75) is 37.8 Å². The van der Waals surface area contributed by atoms with Gasteiger partial charge in [-0.05, 0) is 37.7 Å². The number of thioether (sulfide) groups is 1. The summed E-state index contributed by atoms with van der Waals surface area (Å²) in [6, 6.07) is 3.59. The number of amides is 1. The first kappa shape index (κ1) is 15.0. The van der Waals surface area contributed by atoms with Crippen molar-refractivity contribution in [1.82, 2.24) is 10.3 Å². The van der Waals surface area contributed by atoms with Crippen LogP contribution in [0.1, 0.15) is 37.0 Å². The maximum atomic E-state index is 12.0. The first-order valence-corrected chi connectivity index (χ1v) is 7.16. The second kappa shape index (κ2) is 8.11. The molecule has 0 bridgehead atoms. The van der Waals surface area contributed by atoms with Gasteiger partial charge in [-0.2, -0.15) is 0 Å². The lowest BCUT2D eigenvalue weighted by Crippen LogP contribution is -2.32. The minimum Gasteiger partial charge on any atom is -0.396 e. The Hall–Kier alpha value is -1.07. The zero-order chi connectivity index (χ0) is 13.4. The summed E-state index contributed by atoms with van der Waals surface area (Å²) >= 11 is 1.62. The number of aliphatic hydroxyl groups is 1. The molecule has 2 N–H and O–H groups in total. The lowest BCUT2D eigenvalue weighted by Gasteiger charge is -2.13. The monoisotopic (exact) mass is 268 g/mol. The van der Waals surface area contributed by atoms with E-state index in [9.17, 15) is 4.79 Å². The molecule has 0 saturated heterocycles. The van der Waals surface area contributed by atoms with E-state index in [0.717, 1.165) is 17.2 Å². The highest BCUT2D eigenvalue weighted by Crippen LogP contribution is 2.15. The van der Waals surface area contributed by atoms with E-state index in [1.807, 2.05) is 13.0 Å². The van der Waals surface area contributed by atoms with Crippen LogP contribution in [0.3, 0.4) is 0 Å². The Morgan fingerprint density at radius 2 is 2.39 bits per heavy atom. The van der Waals surface area contributed by atoms with E-state index in [1.165, 1.54) is 0 Å². The quantitative estimate of drug-likeness (QED) is 0.743. The van der Waals surface area contributed by atoms with E-state index in [4.69, 9.17) is 5.11 Å². The molecular formula is C13H20N2O2S. The Morgan fingerprint density at radius 1 is 1.61 bits per heavy atom. The van der Waals surface area contributed by atoms with Gasteiger partial charge < -0.3 is 10.4 Å². The molecule has 0 aliphatic rings. The van der Waals surface area contributed by atoms with Crippen molar-refractivity contribution in [3.05, 3.63) is 23.9 Å². The van der Waals surface area contributed by atoms with Gasteiger partial charge in [0.1, 0.15) is 0 Å². The fraction of sp³-hybridized carbons (Fsp3) is 0.538. The molecule has 0 aromatic carbocycles. The molecule has 1 heterocycles. The highest BCUT2D eigenvalue weighted by Gasteiger charge is 2.10. The van der Waals surface area contributed by atoms with Crippen LogP contribution in [-0.2, 0) is 0 Å². The second-order valence-electron chi connectivity index (χ2n) is 4.06. The Kier molecular flexibility index (Phi) is 6.75. The summed E-state index contributed by atoms with van der Waals surface area (Å²) in [6.07, 6.45) is 3.14. The van der Waals surface area contributed by atoms with Gasteiger partial charge in [-0.25, -0.2) is 4.98 Å². The van der Waals surface area contributed by atoms with Crippen LogP contribution in [0.4, 0.5) is 0 Å². The van der Waals surface area contributed by atoms with Crippen LogP contribution in [0.2, 0.25) is 0 Å². The molecule has 1 amide bonds. The maximum Gasteiger partial charge on any atom is 0.251 e. The summed E-state index contributed by atoms with van der Waals surface area (Å²) in [4.78, 5) is 16.2. The number of nitrogens with one attached hydrogen (secondary N) is 1. The third kappa shape index (κ3) is 5.06. The summed E-state index contributed by atoms with van der Waals surface area (Å²) in [6.45, 7) is 4.15. The van der Waals surface area contributed by atoms with Crippen molar-refractivity contribution >= 4 is 17.7 Å². The minimum absolute atomic E-state index is 0.0695. The Morgan fingerprint density at radius 3 is 3.06 bits per heavy atom. The average molecular weight is 268 g/mol. The molecule has 18 heavy (non-hydrogen) atoms. The standard InChI is InChI=1S/C13H20N2O2S/c1-3-18-12-9-11(6-7-14-12)13(17)15-10(2)5-4-8-16/h6-7,9-10,16H,3-5,8H2,1-2H3,(H,15,17). The lowest BCUT2D eigenvalue weighted by molar-refractivity contribution is 0.0936. The molecule has 100 valence electrons. The number of nitrogens with zero attached hydrogens (tertiary/aromatic N) is 1. The fourth-order valence-electron chi connectivity index (χ4n) is 1.55. The zero-order valence-corrected chi connectivity index (χ0v) is 11.7. The molecule has 1 aromatic heterocycles. The van der Waals surface area contributed by atoms with Crippen LogP contribution in [-0.4, -0.2) is 34.4 Å². The first-order chi connectivity index (χ1) is 8.67. The summed E-state index contributed by atoms with van der Waals surface area (Å²) < 4.78 is 0. The first-order valence-electron chi connectivity index (χ1n) is 6.18. The third-order valence-corrected chi connectivity index (χ3v) is 3.27. The molecule has 0 radical (unpaired) electrons. The van der Waals surface area contributed by atoms with Crippen LogP contribution in [0.5, 0.6) is 0 Å². The molecule has 0 spiro atoms. The zero-order valence-electron chi connectivity index (χ0n) is 10.8. The predicted molar refractivity (Wildman–Crippen MR) is 73.9 cm³/mol. The number of pyridine rings is 1. The van der Waals surface area contributed by atoms with Gasteiger partial charge >= 0.3 is 0 Å². The minimum atomic E-state index is -0.0826. The average Bonchev–Trinajstić information content (AvgIpc) is 2.37. The molecule has 5 heteroatoms. The van der Waals surface area contributed by atoms with Gasteiger partial charge in [-0.15, -0.1) is 11.8 Å². The number of carbonyl (C=O) groups excluding carboxylic acids is 1. The van der Waals surface area contributed by atoms with E-state index < -0.39 is 0 Å². The van der Waals surface area contributed by atoms with Gasteiger partial charge in [0.25, 0.3) is 5.91 Å². The van der Waals surface area contributed by atoms with E-state index in [2.05, 4.69) is 17.2 Å². The topological polar surface area (TPSA) is 62.2 Å². The maximum absolute atomic E-state index is 12.0. The smallest absolute Gasteiger partial charge is 0.251 e. The highest BCUT2D eigenvalue weighted by atomic mass is 32.2. The summed E-state index contributed by atoms with van der Waals surface area (Å²) in [7, 11) is 0. The highest BCUT2D eigenvalue weighted by molar-refractivity contribution is 7.99. The van der Waals surface area contributed by atoms with Crippen molar-refractivity contribution in [2.24, 2.45) is 0 Å². The third-order valence-electron chi connectivity index (χ3n) is 2.46. The van der Waals surface area contributed by atoms with Crippen LogP contribution in [0.15, 0.2) is 23.4 Å². The number of rotatable bonds is 7. The predicted octanol–water partition coefficient (Wildman–Crippen LogP) is 2.08. The summed E-state index contributed by atoms with van der Waals surface area (Å²) in [5.74, 6) is 0.853. The van der Waals surface area contributed by atoms with Gasteiger partial charge in [0.15, 0.2) is 0 Å². The Bertz CT molecular complexity index is 385. The van der Waals surface area contributed by atoms with Crippen molar-refractivity contribution in [2.75, 3.05) is 12.4 Å². The molecule has 1 aromatic rings. The SMILES string of the molecule is CCSc1cc(C(=O)NC(C)CCCO)ccn1. The molecule has 4 nitrogen and oxygen atoms in total. The van der Waals surface area contributed by atoms with Crippen molar-refractivity contribution in [1.29, 1.82) is 0 Å². The van der Waals surface area contributed by atoms with Gasteiger partial charge in [0.2, 0.25) is 0 Å². The Labute approximate surface area is 112 Å². The lowest BCUT2D eigenvalue weighted by atomic mass is 10.1. The van der Waals surface area contributed by atoms with E-state index in [1.54, 1.807) is 24.0 Å². The van der Waals surface area contributed by atoms with Gasteiger partial charge in [0, 0.05) is 24.4 Å². The van der Waals surface area contributed by atoms with Crippen molar-refractivity contribution in [3.63, 3.8) is 0 Å². The van der Waals surface area contributed by atoms with E-state index in [0.29, 0.717) is 12.0 Å². The molecule has 0 aliphatic carbocycles. The second-order valence-corrected chi connectivity index (χ2v) is 5.34. The Balaban J connectivity index is 2.57.